The molecular formula is C15H17N3O3. The van der Waals surface area contributed by atoms with E-state index in [4.69, 9.17) is 5.11 Å². The number of aromatic nitrogens is 1. The summed E-state index contributed by atoms with van der Waals surface area (Å²) in [4.78, 5) is 27.3. The summed E-state index contributed by atoms with van der Waals surface area (Å²) in [6.45, 7) is 3.47. The maximum absolute atomic E-state index is 12.0. The molecule has 2 rings (SSSR count). The summed E-state index contributed by atoms with van der Waals surface area (Å²) in [5.41, 5.74) is 1.35. The monoisotopic (exact) mass is 287 g/mol. The zero-order chi connectivity index (χ0) is 15.4. The minimum Gasteiger partial charge on any atom is -0.480 e. The smallest absolute Gasteiger partial charge is 0.326 e. The maximum atomic E-state index is 12.0. The van der Waals surface area contributed by atoms with E-state index in [0.29, 0.717) is 5.69 Å². The number of aliphatic carboxylic acids is 1. The van der Waals surface area contributed by atoms with Crippen molar-refractivity contribution in [2.24, 2.45) is 5.92 Å². The topological polar surface area (TPSA) is 91.3 Å². The molecule has 3 N–H and O–H groups in total. The fourth-order valence-corrected chi connectivity index (χ4v) is 2.03. The number of anilines is 1. The van der Waals surface area contributed by atoms with Gasteiger partial charge in [-0.25, -0.2) is 9.59 Å². The van der Waals surface area contributed by atoms with Gasteiger partial charge in [0, 0.05) is 11.6 Å². The van der Waals surface area contributed by atoms with Gasteiger partial charge in [0.25, 0.3) is 0 Å². The maximum Gasteiger partial charge on any atom is 0.326 e. The highest BCUT2D eigenvalue weighted by atomic mass is 16.4. The Balaban J connectivity index is 2.17. The zero-order valence-corrected chi connectivity index (χ0v) is 11.8. The Bertz CT molecular complexity index is 665. The Morgan fingerprint density at radius 1 is 1.19 bits per heavy atom. The molecule has 0 saturated heterocycles. The molecule has 1 aromatic carbocycles. The number of hydrogen-bond acceptors (Lipinski definition) is 3. The highest BCUT2D eigenvalue weighted by molar-refractivity contribution is 6.01. The van der Waals surface area contributed by atoms with Crippen LogP contribution in [0.25, 0.3) is 10.9 Å². The van der Waals surface area contributed by atoms with Crippen LogP contribution in [0.3, 0.4) is 0 Å². The first-order valence-corrected chi connectivity index (χ1v) is 6.63. The number of urea groups is 1. The molecule has 2 aromatic rings. The van der Waals surface area contributed by atoms with Crippen molar-refractivity contribution >= 4 is 28.6 Å². The molecule has 0 radical (unpaired) electrons. The Morgan fingerprint density at radius 2 is 1.95 bits per heavy atom. The Morgan fingerprint density at radius 3 is 2.62 bits per heavy atom. The van der Waals surface area contributed by atoms with Crippen LogP contribution >= 0.6 is 0 Å². The third-order valence-corrected chi connectivity index (χ3v) is 3.11. The predicted octanol–water partition coefficient (Wildman–Crippen LogP) is 2.47. The summed E-state index contributed by atoms with van der Waals surface area (Å²) < 4.78 is 0. The summed E-state index contributed by atoms with van der Waals surface area (Å²) >= 11 is 0. The van der Waals surface area contributed by atoms with E-state index in [1.54, 1.807) is 38.2 Å². The Labute approximate surface area is 122 Å². The van der Waals surface area contributed by atoms with Gasteiger partial charge in [0.1, 0.15) is 6.04 Å². The Kier molecular flexibility index (Phi) is 4.37. The minimum absolute atomic E-state index is 0.206. The SMILES string of the molecule is CC(C)[C@H](NC(=O)Nc1cccc2ncccc12)C(=O)O. The molecule has 1 aromatic heterocycles. The number of fused-ring (bicyclic) bond motifs is 1. The van der Waals surface area contributed by atoms with Crippen molar-refractivity contribution in [2.75, 3.05) is 5.32 Å². The molecule has 0 aliphatic carbocycles. The van der Waals surface area contributed by atoms with Gasteiger partial charge >= 0.3 is 12.0 Å². The van der Waals surface area contributed by atoms with Gasteiger partial charge in [-0.3, -0.25) is 4.98 Å². The van der Waals surface area contributed by atoms with Gasteiger partial charge < -0.3 is 15.7 Å². The first-order chi connectivity index (χ1) is 9.99. The number of rotatable bonds is 4. The number of amides is 2. The third kappa shape index (κ3) is 3.47. The molecular weight excluding hydrogens is 270 g/mol. The van der Waals surface area contributed by atoms with Gasteiger partial charge in [0.2, 0.25) is 0 Å². The van der Waals surface area contributed by atoms with Crippen molar-refractivity contribution in [1.82, 2.24) is 10.3 Å². The van der Waals surface area contributed by atoms with Crippen LogP contribution in [0.2, 0.25) is 0 Å². The van der Waals surface area contributed by atoms with E-state index in [-0.39, 0.29) is 5.92 Å². The van der Waals surface area contributed by atoms with Gasteiger partial charge in [-0.15, -0.1) is 0 Å². The molecule has 0 aliphatic heterocycles. The molecule has 0 fully saturated rings. The molecule has 2 amide bonds. The molecule has 6 heteroatoms. The number of carboxylic acid groups (broad SMARTS) is 1. The quantitative estimate of drug-likeness (QED) is 0.805. The lowest BCUT2D eigenvalue weighted by Gasteiger charge is -2.18. The fraction of sp³-hybridized carbons (Fsp3) is 0.267. The van der Waals surface area contributed by atoms with Crippen LogP contribution in [-0.4, -0.2) is 28.1 Å². The number of carbonyl (C=O) groups is 2. The van der Waals surface area contributed by atoms with Crippen LogP contribution in [0.4, 0.5) is 10.5 Å². The summed E-state index contributed by atoms with van der Waals surface area (Å²) in [7, 11) is 0. The fourth-order valence-electron chi connectivity index (χ4n) is 2.03. The first kappa shape index (κ1) is 14.8. The molecule has 0 unspecified atom stereocenters. The second kappa shape index (κ2) is 6.21. The number of nitrogens with one attached hydrogen (secondary N) is 2. The summed E-state index contributed by atoms with van der Waals surface area (Å²) in [6.07, 6.45) is 1.67. The second-order valence-corrected chi connectivity index (χ2v) is 5.03. The van der Waals surface area contributed by atoms with Crippen molar-refractivity contribution in [1.29, 1.82) is 0 Å². The van der Waals surface area contributed by atoms with Crippen LogP contribution in [0.15, 0.2) is 36.5 Å². The van der Waals surface area contributed by atoms with Gasteiger partial charge in [-0.1, -0.05) is 19.9 Å². The lowest BCUT2D eigenvalue weighted by atomic mass is 10.1. The first-order valence-electron chi connectivity index (χ1n) is 6.63. The van der Waals surface area contributed by atoms with Crippen LogP contribution < -0.4 is 10.6 Å². The van der Waals surface area contributed by atoms with Crippen LogP contribution in [0, 0.1) is 5.92 Å². The normalized spacial score (nSPS) is 12.1. The van der Waals surface area contributed by atoms with Crippen molar-refractivity contribution < 1.29 is 14.7 Å². The van der Waals surface area contributed by atoms with Crippen molar-refractivity contribution in [3.05, 3.63) is 36.5 Å². The van der Waals surface area contributed by atoms with Gasteiger partial charge in [-0.05, 0) is 30.2 Å². The van der Waals surface area contributed by atoms with Crippen LogP contribution in [-0.2, 0) is 4.79 Å². The number of carbonyl (C=O) groups excluding carboxylic acids is 1. The van der Waals surface area contributed by atoms with E-state index in [1.165, 1.54) is 0 Å². The summed E-state index contributed by atoms with van der Waals surface area (Å²) in [5, 5.41) is 15.0. The molecule has 0 spiro atoms. The van der Waals surface area contributed by atoms with E-state index >= 15 is 0 Å². The predicted molar refractivity (Wildman–Crippen MR) is 80.2 cm³/mol. The molecule has 1 heterocycles. The van der Waals surface area contributed by atoms with Gasteiger partial charge in [0.05, 0.1) is 11.2 Å². The number of benzene rings is 1. The van der Waals surface area contributed by atoms with Crippen molar-refractivity contribution in [3.63, 3.8) is 0 Å². The highest BCUT2D eigenvalue weighted by Gasteiger charge is 2.23. The lowest BCUT2D eigenvalue weighted by molar-refractivity contribution is -0.140. The highest BCUT2D eigenvalue weighted by Crippen LogP contribution is 2.21. The summed E-state index contributed by atoms with van der Waals surface area (Å²) in [6, 6.07) is 7.50. The zero-order valence-electron chi connectivity index (χ0n) is 11.8. The van der Waals surface area contributed by atoms with E-state index in [2.05, 4.69) is 15.6 Å². The number of nitrogens with zero attached hydrogens (tertiary/aromatic N) is 1. The van der Waals surface area contributed by atoms with E-state index in [9.17, 15) is 9.59 Å². The molecule has 21 heavy (non-hydrogen) atoms. The molecule has 6 nitrogen and oxygen atoms in total. The lowest BCUT2D eigenvalue weighted by Crippen LogP contribution is -2.46. The van der Waals surface area contributed by atoms with Crippen LogP contribution in [0.5, 0.6) is 0 Å². The van der Waals surface area contributed by atoms with Gasteiger partial charge in [-0.2, -0.15) is 0 Å². The Hall–Kier alpha value is -2.63. The molecule has 0 saturated carbocycles. The van der Waals surface area contributed by atoms with Crippen LogP contribution in [0.1, 0.15) is 13.8 Å². The molecule has 110 valence electrons. The van der Waals surface area contributed by atoms with Gasteiger partial charge in [0.15, 0.2) is 0 Å². The average Bonchev–Trinajstić information content (AvgIpc) is 2.44. The van der Waals surface area contributed by atoms with E-state index in [0.717, 1.165) is 10.9 Å². The summed E-state index contributed by atoms with van der Waals surface area (Å²) in [5.74, 6) is -1.26. The minimum atomic E-state index is -1.06. The van der Waals surface area contributed by atoms with E-state index < -0.39 is 18.0 Å². The molecule has 0 bridgehead atoms. The number of pyridine rings is 1. The van der Waals surface area contributed by atoms with E-state index in [1.807, 2.05) is 12.1 Å². The standard InChI is InChI=1S/C15H17N3O3/c1-9(2)13(14(19)20)18-15(21)17-12-7-3-6-11-10(12)5-4-8-16-11/h3-9,13H,1-2H3,(H,19,20)(H2,17,18,21)/t13-/m0/s1. The number of hydrogen-bond donors (Lipinski definition) is 3. The third-order valence-electron chi connectivity index (χ3n) is 3.11. The average molecular weight is 287 g/mol. The molecule has 1 atom stereocenters. The van der Waals surface area contributed by atoms with Crippen molar-refractivity contribution in [3.8, 4) is 0 Å². The largest absolute Gasteiger partial charge is 0.480 e. The van der Waals surface area contributed by atoms with Crippen molar-refractivity contribution in [2.45, 2.75) is 19.9 Å². The number of carboxylic acids is 1. The molecule has 0 aliphatic rings. The second-order valence-electron chi connectivity index (χ2n) is 5.03.